The van der Waals surface area contributed by atoms with E-state index < -0.39 is 17.4 Å². The SMILES string of the molecule is CC(C)(C)c1ccc(NC(=O)C[N+](=O)[O-])cc1. The van der Waals surface area contributed by atoms with Crippen molar-refractivity contribution in [2.45, 2.75) is 26.2 Å². The van der Waals surface area contributed by atoms with E-state index in [9.17, 15) is 14.9 Å². The van der Waals surface area contributed by atoms with Gasteiger partial charge in [0.1, 0.15) is 0 Å². The fraction of sp³-hybridized carbons (Fsp3) is 0.417. The average Bonchev–Trinajstić information content (AvgIpc) is 2.15. The van der Waals surface area contributed by atoms with Gasteiger partial charge < -0.3 is 5.32 Å². The van der Waals surface area contributed by atoms with E-state index >= 15 is 0 Å². The summed E-state index contributed by atoms with van der Waals surface area (Å²) in [5, 5.41) is 12.6. The Morgan fingerprint density at radius 3 is 2.24 bits per heavy atom. The molecule has 0 saturated carbocycles. The van der Waals surface area contributed by atoms with Crippen LogP contribution in [0.4, 0.5) is 5.69 Å². The Balaban J connectivity index is 2.69. The Morgan fingerprint density at radius 1 is 1.29 bits per heavy atom. The molecule has 5 heteroatoms. The number of hydrogen-bond donors (Lipinski definition) is 1. The molecule has 0 unspecified atom stereocenters. The number of hydrogen-bond acceptors (Lipinski definition) is 3. The average molecular weight is 236 g/mol. The van der Waals surface area contributed by atoms with Gasteiger partial charge in [0.25, 0.3) is 12.5 Å². The minimum atomic E-state index is -0.707. The summed E-state index contributed by atoms with van der Waals surface area (Å²) in [5.74, 6) is -0.612. The van der Waals surface area contributed by atoms with E-state index in [1.54, 1.807) is 12.1 Å². The Hall–Kier alpha value is -1.91. The Kier molecular flexibility index (Phi) is 3.83. The molecule has 92 valence electrons. The normalized spacial score (nSPS) is 11.0. The predicted octanol–water partition coefficient (Wildman–Crippen LogP) is 2.20. The van der Waals surface area contributed by atoms with Crippen molar-refractivity contribution in [2.75, 3.05) is 11.9 Å². The van der Waals surface area contributed by atoms with Crippen LogP contribution in [0.25, 0.3) is 0 Å². The molecular weight excluding hydrogens is 220 g/mol. The molecule has 0 bridgehead atoms. The van der Waals surface area contributed by atoms with Crippen molar-refractivity contribution in [3.8, 4) is 0 Å². The second-order valence-electron chi connectivity index (χ2n) is 4.87. The molecular formula is C12H16N2O3. The number of nitrogens with one attached hydrogen (secondary N) is 1. The van der Waals surface area contributed by atoms with Gasteiger partial charge in [0, 0.05) is 10.6 Å². The second kappa shape index (κ2) is 4.95. The van der Waals surface area contributed by atoms with Gasteiger partial charge in [-0.1, -0.05) is 32.9 Å². The van der Waals surface area contributed by atoms with E-state index in [0.717, 1.165) is 5.56 Å². The molecule has 1 aromatic rings. The highest BCUT2D eigenvalue weighted by molar-refractivity contribution is 5.91. The largest absolute Gasteiger partial charge is 0.320 e. The number of nitrogens with zero attached hydrogens (tertiary/aromatic N) is 1. The summed E-state index contributed by atoms with van der Waals surface area (Å²) in [6.45, 7) is 5.56. The number of carbonyl (C=O) groups is 1. The van der Waals surface area contributed by atoms with Gasteiger partial charge in [-0.25, -0.2) is 0 Å². The molecule has 0 aliphatic heterocycles. The Bertz CT molecular complexity index is 418. The van der Waals surface area contributed by atoms with Crippen LogP contribution in [0.2, 0.25) is 0 Å². The number of anilines is 1. The molecule has 5 nitrogen and oxygen atoms in total. The fourth-order valence-corrected chi connectivity index (χ4v) is 1.37. The molecule has 1 rings (SSSR count). The molecule has 0 saturated heterocycles. The van der Waals surface area contributed by atoms with Crippen molar-refractivity contribution in [3.63, 3.8) is 0 Å². The third kappa shape index (κ3) is 4.22. The summed E-state index contributed by atoms with van der Waals surface area (Å²) in [4.78, 5) is 20.6. The first-order chi connectivity index (χ1) is 7.79. The molecule has 0 heterocycles. The third-order valence-electron chi connectivity index (χ3n) is 2.31. The fourth-order valence-electron chi connectivity index (χ4n) is 1.37. The first-order valence-electron chi connectivity index (χ1n) is 5.31. The van der Waals surface area contributed by atoms with Crippen LogP contribution < -0.4 is 5.32 Å². The van der Waals surface area contributed by atoms with E-state index in [1.807, 2.05) is 12.1 Å². The zero-order chi connectivity index (χ0) is 13.1. The van der Waals surface area contributed by atoms with Crippen LogP contribution in [-0.4, -0.2) is 17.4 Å². The van der Waals surface area contributed by atoms with Gasteiger partial charge in [-0.05, 0) is 23.1 Å². The zero-order valence-corrected chi connectivity index (χ0v) is 10.2. The first-order valence-corrected chi connectivity index (χ1v) is 5.31. The molecule has 1 amide bonds. The molecule has 1 aromatic carbocycles. The number of carbonyl (C=O) groups excluding carboxylic acids is 1. The van der Waals surface area contributed by atoms with Gasteiger partial charge in [0.05, 0.1) is 0 Å². The van der Waals surface area contributed by atoms with E-state index in [1.165, 1.54) is 0 Å². The van der Waals surface area contributed by atoms with Crippen LogP contribution in [0, 0.1) is 10.1 Å². The standard InChI is InChI=1S/C12H16N2O3/c1-12(2,3)9-4-6-10(7-5-9)13-11(15)8-14(16)17/h4-7H,8H2,1-3H3,(H,13,15). The maximum Gasteiger partial charge on any atom is 0.296 e. The van der Waals surface area contributed by atoms with Gasteiger partial charge in [-0.15, -0.1) is 0 Å². The highest BCUT2D eigenvalue weighted by Crippen LogP contribution is 2.23. The molecule has 0 fully saturated rings. The smallest absolute Gasteiger partial charge is 0.296 e. The molecule has 1 N–H and O–H groups in total. The lowest BCUT2D eigenvalue weighted by Crippen LogP contribution is -2.21. The van der Waals surface area contributed by atoms with Gasteiger partial charge >= 0.3 is 0 Å². The number of nitro groups is 1. The van der Waals surface area contributed by atoms with Crippen LogP contribution in [0.15, 0.2) is 24.3 Å². The molecule has 0 aliphatic carbocycles. The van der Waals surface area contributed by atoms with E-state index in [4.69, 9.17) is 0 Å². The van der Waals surface area contributed by atoms with Crippen molar-refractivity contribution in [3.05, 3.63) is 39.9 Å². The molecule has 0 atom stereocenters. The third-order valence-corrected chi connectivity index (χ3v) is 2.31. The highest BCUT2D eigenvalue weighted by Gasteiger charge is 2.14. The predicted molar refractivity (Wildman–Crippen MR) is 65.6 cm³/mol. The lowest BCUT2D eigenvalue weighted by molar-refractivity contribution is -0.467. The summed E-state index contributed by atoms with van der Waals surface area (Å²) in [6.07, 6.45) is 0. The van der Waals surface area contributed by atoms with Crippen LogP contribution in [0.5, 0.6) is 0 Å². The van der Waals surface area contributed by atoms with Crippen molar-refractivity contribution >= 4 is 11.6 Å². The maximum absolute atomic E-state index is 11.2. The van der Waals surface area contributed by atoms with E-state index in [-0.39, 0.29) is 5.41 Å². The maximum atomic E-state index is 11.2. The van der Waals surface area contributed by atoms with Crippen LogP contribution in [0.3, 0.4) is 0 Å². The lowest BCUT2D eigenvalue weighted by atomic mass is 9.87. The van der Waals surface area contributed by atoms with E-state index in [0.29, 0.717) is 5.69 Å². The summed E-state index contributed by atoms with van der Waals surface area (Å²) in [7, 11) is 0. The van der Waals surface area contributed by atoms with Crippen molar-refractivity contribution in [1.29, 1.82) is 0 Å². The van der Waals surface area contributed by atoms with Gasteiger partial charge in [0.15, 0.2) is 0 Å². The monoisotopic (exact) mass is 236 g/mol. The molecule has 0 aromatic heterocycles. The van der Waals surface area contributed by atoms with E-state index in [2.05, 4.69) is 26.1 Å². The van der Waals surface area contributed by atoms with Gasteiger partial charge in [-0.2, -0.15) is 0 Å². The first kappa shape index (κ1) is 13.2. The summed E-state index contributed by atoms with van der Waals surface area (Å²) >= 11 is 0. The molecule has 0 radical (unpaired) electrons. The number of benzene rings is 1. The van der Waals surface area contributed by atoms with Crippen molar-refractivity contribution in [2.24, 2.45) is 0 Å². The zero-order valence-electron chi connectivity index (χ0n) is 10.2. The topological polar surface area (TPSA) is 72.2 Å². The van der Waals surface area contributed by atoms with Crippen LogP contribution in [-0.2, 0) is 10.2 Å². The Labute approximate surface area is 100.0 Å². The quantitative estimate of drug-likeness (QED) is 0.646. The van der Waals surface area contributed by atoms with Crippen LogP contribution in [0.1, 0.15) is 26.3 Å². The molecule has 0 spiro atoms. The highest BCUT2D eigenvalue weighted by atomic mass is 16.6. The molecule has 17 heavy (non-hydrogen) atoms. The number of rotatable bonds is 3. The van der Waals surface area contributed by atoms with Crippen molar-refractivity contribution < 1.29 is 9.72 Å². The minimum absolute atomic E-state index is 0.0450. The summed E-state index contributed by atoms with van der Waals surface area (Å²) in [6, 6.07) is 7.31. The van der Waals surface area contributed by atoms with Crippen molar-refractivity contribution in [1.82, 2.24) is 0 Å². The number of amides is 1. The van der Waals surface area contributed by atoms with Gasteiger partial charge in [0.2, 0.25) is 0 Å². The summed E-state index contributed by atoms with van der Waals surface area (Å²) in [5.41, 5.74) is 1.76. The minimum Gasteiger partial charge on any atom is -0.320 e. The second-order valence-corrected chi connectivity index (χ2v) is 4.87. The summed E-state index contributed by atoms with van der Waals surface area (Å²) < 4.78 is 0. The molecule has 0 aliphatic rings. The Morgan fingerprint density at radius 2 is 1.82 bits per heavy atom. The lowest BCUT2D eigenvalue weighted by Gasteiger charge is -2.19. The van der Waals surface area contributed by atoms with Gasteiger partial charge in [-0.3, -0.25) is 14.9 Å². The van der Waals surface area contributed by atoms with Crippen LogP contribution >= 0.6 is 0 Å².